The number of hydrogen-bond donors (Lipinski definition) is 2. The third-order valence-corrected chi connectivity index (χ3v) is 5.69. The van der Waals surface area contributed by atoms with Crippen molar-refractivity contribution in [2.75, 3.05) is 12.4 Å². The highest BCUT2D eigenvalue weighted by Gasteiger charge is 2.23. The van der Waals surface area contributed by atoms with E-state index < -0.39 is 6.04 Å². The highest BCUT2D eigenvalue weighted by Crippen LogP contribution is 2.20. The Morgan fingerprint density at radius 3 is 2.50 bits per heavy atom. The summed E-state index contributed by atoms with van der Waals surface area (Å²) in [6.07, 6.45) is 1.97. The van der Waals surface area contributed by atoms with Gasteiger partial charge in [0.15, 0.2) is 5.78 Å². The average molecular weight is 425 g/mol. The summed E-state index contributed by atoms with van der Waals surface area (Å²) in [5, 5.41) is 3.90. The molecule has 7 heteroatoms. The molecule has 0 aliphatic carbocycles. The van der Waals surface area contributed by atoms with Gasteiger partial charge in [0.05, 0.1) is 13.2 Å². The molecule has 1 aromatic heterocycles. The Morgan fingerprint density at radius 1 is 1.17 bits per heavy atom. The first-order chi connectivity index (χ1) is 14.5. The first-order valence-electron chi connectivity index (χ1n) is 10.1. The van der Waals surface area contributed by atoms with Crippen LogP contribution in [0.15, 0.2) is 48.5 Å². The fraction of sp³-hybridized carbons (Fsp3) is 0.348. The monoisotopic (exact) mass is 424 g/mol. The van der Waals surface area contributed by atoms with Crippen LogP contribution in [-0.4, -0.2) is 34.3 Å². The molecule has 2 aromatic carbocycles. The first-order valence-corrected chi connectivity index (χ1v) is 10.8. The second-order valence-electron chi connectivity index (χ2n) is 7.37. The van der Waals surface area contributed by atoms with E-state index in [0.29, 0.717) is 29.3 Å². The highest BCUT2D eigenvalue weighted by atomic mass is 32.1. The molecule has 0 saturated heterocycles. The van der Waals surface area contributed by atoms with Gasteiger partial charge in [-0.2, -0.15) is 4.37 Å². The van der Waals surface area contributed by atoms with Gasteiger partial charge in [0.25, 0.3) is 0 Å². The van der Waals surface area contributed by atoms with Crippen LogP contribution in [0.1, 0.15) is 47.1 Å². The van der Waals surface area contributed by atoms with Crippen molar-refractivity contribution >= 4 is 22.4 Å². The SMILES string of the molecule is CCC(N)CC(Nc1nc(Cc2ccc(C)cc2)ns1)C(=O)c1ccc(OC)cc1. The van der Waals surface area contributed by atoms with Gasteiger partial charge in [-0.3, -0.25) is 4.79 Å². The number of nitrogens with two attached hydrogens (primary N) is 1. The molecular formula is C23H28N4O2S. The minimum absolute atomic E-state index is 0.0168. The smallest absolute Gasteiger partial charge is 0.203 e. The van der Waals surface area contributed by atoms with Crippen LogP contribution in [0.3, 0.4) is 0 Å². The van der Waals surface area contributed by atoms with Gasteiger partial charge in [-0.1, -0.05) is 36.8 Å². The summed E-state index contributed by atoms with van der Waals surface area (Å²) in [4.78, 5) is 17.7. The standard InChI is InChI=1S/C23H28N4O2S/c1-4-18(24)14-20(22(28)17-9-11-19(29-3)12-10-17)25-23-26-21(27-30-23)13-16-7-5-15(2)6-8-16/h5-12,18,20H,4,13-14,24H2,1-3H3,(H,25,26,27). The van der Waals surface area contributed by atoms with Crippen molar-refractivity contribution < 1.29 is 9.53 Å². The fourth-order valence-corrected chi connectivity index (χ4v) is 3.72. The predicted molar refractivity (Wildman–Crippen MR) is 122 cm³/mol. The molecule has 0 bridgehead atoms. The first kappa shape index (κ1) is 21.9. The number of anilines is 1. The normalized spacial score (nSPS) is 12.9. The molecule has 0 fully saturated rings. The quantitative estimate of drug-likeness (QED) is 0.473. The summed E-state index contributed by atoms with van der Waals surface area (Å²) in [5.74, 6) is 1.44. The van der Waals surface area contributed by atoms with Crippen LogP contribution < -0.4 is 15.8 Å². The molecule has 3 aromatic rings. The van der Waals surface area contributed by atoms with Gasteiger partial charge in [-0.25, -0.2) is 4.98 Å². The Labute approximate surface area is 181 Å². The van der Waals surface area contributed by atoms with Crippen molar-refractivity contribution in [3.05, 3.63) is 71.0 Å². The Bertz CT molecular complexity index is 954. The molecular weight excluding hydrogens is 396 g/mol. The summed E-state index contributed by atoms with van der Waals surface area (Å²) < 4.78 is 9.63. The highest BCUT2D eigenvalue weighted by molar-refractivity contribution is 7.09. The maximum Gasteiger partial charge on any atom is 0.203 e. The Hall–Kier alpha value is -2.77. The zero-order valence-electron chi connectivity index (χ0n) is 17.6. The molecule has 1 heterocycles. The van der Waals surface area contributed by atoms with Crippen molar-refractivity contribution in [2.45, 2.75) is 45.2 Å². The summed E-state index contributed by atoms with van der Waals surface area (Å²) in [5.41, 5.74) is 9.15. The number of aromatic nitrogens is 2. The Kier molecular flexibility index (Phi) is 7.54. The third kappa shape index (κ3) is 5.87. The lowest BCUT2D eigenvalue weighted by atomic mass is 9.97. The van der Waals surface area contributed by atoms with E-state index in [0.717, 1.165) is 17.8 Å². The van der Waals surface area contributed by atoms with Crippen molar-refractivity contribution in [3.63, 3.8) is 0 Å². The maximum absolute atomic E-state index is 13.1. The van der Waals surface area contributed by atoms with Gasteiger partial charge in [0, 0.05) is 29.6 Å². The van der Waals surface area contributed by atoms with Crippen LogP contribution in [0.5, 0.6) is 5.75 Å². The number of hydrogen-bond acceptors (Lipinski definition) is 7. The molecule has 0 radical (unpaired) electrons. The molecule has 0 amide bonds. The van der Waals surface area contributed by atoms with Gasteiger partial charge in [0.2, 0.25) is 5.13 Å². The number of ketones is 1. The number of ether oxygens (including phenoxy) is 1. The number of nitrogens with zero attached hydrogens (tertiary/aromatic N) is 2. The van der Waals surface area contributed by atoms with Crippen LogP contribution in [0.2, 0.25) is 0 Å². The minimum atomic E-state index is -0.464. The van der Waals surface area contributed by atoms with E-state index in [9.17, 15) is 4.79 Å². The van der Waals surface area contributed by atoms with E-state index in [1.54, 1.807) is 31.4 Å². The summed E-state index contributed by atoms with van der Waals surface area (Å²) in [6, 6.07) is 14.9. The van der Waals surface area contributed by atoms with E-state index in [4.69, 9.17) is 10.5 Å². The zero-order chi connectivity index (χ0) is 21.5. The molecule has 2 atom stereocenters. The van der Waals surface area contributed by atoms with E-state index in [-0.39, 0.29) is 11.8 Å². The largest absolute Gasteiger partial charge is 0.497 e. The van der Waals surface area contributed by atoms with Crippen molar-refractivity contribution in [1.82, 2.24) is 9.36 Å². The topological polar surface area (TPSA) is 90.1 Å². The number of Topliss-reactive ketones (excluding diaryl/α,β-unsaturated/α-hetero) is 1. The molecule has 3 rings (SSSR count). The Balaban J connectivity index is 1.73. The molecule has 2 unspecified atom stereocenters. The molecule has 3 N–H and O–H groups in total. The number of methoxy groups -OCH3 is 1. The lowest BCUT2D eigenvalue weighted by Gasteiger charge is -2.20. The van der Waals surface area contributed by atoms with E-state index >= 15 is 0 Å². The van der Waals surface area contributed by atoms with E-state index in [1.165, 1.54) is 17.1 Å². The molecule has 158 valence electrons. The van der Waals surface area contributed by atoms with E-state index in [1.807, 2.05) is 6.92 Å². The van der Waals surface area contributed by atoms with Gasteiger partial charge in [-0.15, -0.1) is 0 Å². The van der Waals surface area contributed by atoms with Gasteiger partial charge >= 0.3 is 0 Å². The summed E-state index contributed by atoms with van der Waals surface area (Å²) >= 11 is 1.27. The van der Waals surface area contributed by atoms with Gasteiger partial charge in [0.1, 0.15) is 11.6 Å². The number of aryl methyl sites for hydroxylation is 1. The molecule has 0 aliphatic heterocycles. The second-order valence-corrected chi connectivity index (χ2v) is 8.12. The number of nitrogens with one attached hydrogen (secondary N) is 1. The molecule has 30 heavy (non-hydrogen) atoms. The molecule has 6 nitrogen and oxygen atoms in total. The van der Waals surface area contributed by atoms with Gasteiger partial charge < -0.3 is 15.8 Å². The van der Waals surface area contributed by atoms with Crippen LogP contribution >= 0.6 is 11.5 Å². The maximum atomic E-state index is 13.1. The number of carbonyl (C=O) groups is 1. The lowest BCUT2D eigenvalue weighted by Crippen LogP contribution is -2.36. The van der Waals surface area contributed by atoms with Crippen LogP contribution in [0, 0.1) is 6.92 Å². The fourth-order valence-electron chi connectivity index (χ4n) is 3.08. The Morgan fingerprint density at radius 2 is 1.87 bits per heavy atom. The van der Waals surface area contributed by atoms with Crippen molar-refractivity contribution in [3.8, 4) is 5.75 Å². The lowest BCUT2D eigenvalue weighted by molar-refractivity contribution is 0.0962. The van der Waals surface area contributed by atoms with Crippen molar-refractivity contribution in [2.24, 2.45) is 5.73 Å². The second kappa shape index (κ2) is 10.3. The third-order valence-electron chi connectivity index (χ3n) is 5.00. The molecule has 0 aliphatic rings. The van der Waals surface area contributed by atoms with Crippen molar-refractivity contribution in [1.29, 1.82) is 0 Å². The molecule has 0 spiro atoms. The van der Waals surface area contributed by atoms with E-state index in [2.05, 4.69) is 45.9 Å². The zero-order valence-corrected chi connectivity index (χ0v) is 18.4. The average Bonchev–Trinajstić information content (AvgIpc) is 3.21. The number of benzene rings is 2. The summed E-state index contributed by atoms with van der Waals surface area (Å²) in [6.45, 7) is 4.08. The van der Waals surface area contributed by atoms with Crippen LogP contribution in [0.4, 0.5) is 5.13 Å². The predicted octanol–water partition coefficient (Wildman–Crippen LogP) is 4.24. The van der Waals surface area contributed by atoms with Crippen LogP contribution in [0.25, 0.3) is 0 Å². The minimum Gasteiger partial charge on any atom is -0.497 e. The number of carbonyl (C=O) groups excluding carboxylic acids is 1. The molecule has 0 saturated carbocycles. The van der Waals surface area contributed by atoms with Crippen LogP contribution in [-0.2, 0) is 6.42 Å². The van der Waals surface area contributed by atoms with Gasteiger partial charge in [-0.05, 0) is 49.6 Å². The number of rotatable bonds is 10. The summed E-state index contributed by atoms with van der Waals surface area (Å²) in [7, 11) is 1.60.